The van der Waals surface area contributed by atoms with Crippen molar-refractivity contribution in [3.05, 3.63) is 101 Å². The van der Waals surface area contributed by atoms with Crippen molar-refractivity contribution in [2.45, 2.75) is 50.7 Å². The first-order valence-electron chi connectivity index (χ1n) is 12.5. The normalized spacial score (nSPS) is 18.0. The summed E-state index contributed by atoms with van der Waals surface area (Å²) >= 11 is 1.69. The van der Waals surface area contributed by atoms with Crippen LogP contribution in [0.2, 0.25) is 18.1 Å². The molecule has 1 atom stereocenters. The molecule has 0 bridgehead atoms. The minimum absolute atomic E-state index is 0.137. The molecule has 0 aliphatic carbocycles. The van der Waals surface area contributed by atoms with E-state index in [-0.39, 0.29) is 16.7 Å². The van der Waals surface area contributed by atoms with Gasteiger partial charge in [-0.05, 0) is 70.7 Å². The monoisotopic (exact) mass is 533 g/mol. The summed E-state index contributed by atoms with van der Waals surface area (Å²) in [7, 11) is -1.86. The molecule has 6 heteroatoms. The van der Waals surface area contributed by atoms with E-state index in [0.717, 1.165) is 27.2 Å². The number of thioether (sulfide) groups is 1. The summed E-state index contributed by atoms with van der Waals surface area (Å²) in [6.45, 7) is 11.7. The van der Waals surface area contributed by atoms with Crippen molar-refractivity contribution in [3.63, 3.8) is 0 Å². The van der Waals surface area contributed by atoms with Crippen LogP contribution < -0.4 is 0 Å². The van der Waals surface area contributed by atoms with Crippen molar-refractivity contribution in [2.75, 3.05) is 12.4 Å². The van der Waals surface area contributed by atoms with E-state index in [0.29, 0.717) is 18.8 Å². The standard InChI is InChI=1S/C31H33F2NOSSi/c1-30(2,3)37(4,5)35-20-7-6-18-31(25-12-16-27(33)17-13-25)22-36-29(23-10-14-26(32)15-11-23)28(31)24-9-8-19-34-21-24/h8-17,19,21H,7,20,22H2,1-5H3. The van der Waals surface area contributed by atoms with Gasteiger partial charge >= 0.3 is 0 Å². The highest BCUT2D eigenvalue weighted by Gasteiger charge is 2.43. The lowest BCUT2D eigenvalue weighted by Crippen LogP contribution is -2.40. The number of rotatable bonds is 6. The second-order valence-electron chi connectivity index (χ2n) is 10.8. The van der Waals surface area contributed by atoms with Crippen LogP contribution in [0.15, 0.2) is 73.1 Å². The van der Waals surface area contributed by atoms with E-state index < -0.39 is 13.7 Å². The second kappa shape index (κ2) is 10.9. The Morgan fingerprint density at radius 2 is 1.62 bits per heavy atom. The van der Waals surface area contributed by atoms with Crippen LogP contribution in [0.4, 0.5) is 8.78 Å². The first-order chi connectivity index (χ1) is 17.5. The molecule has 0 saturated heterocycles. The first-order valence-corrected chi connectivity index (χ1v) is 16.4. The molecule has 2 heterocycles. The molecule has 192 valence electrons. The van der Waals surface area contributed by atoms with E-state index in [1.807, 2.05) is 30.5 Å². The van der Waals surface area contributed by atoms with Gasteiger partial charge < -0.3 is 4.43 Å². The highest BCUT2D eigenvalue weighted by molar-refractivity contribution is 8.09. The molecular weight excluding hydrogens is 500 g/mol. The predicted octanol–water partition coefficient (Wildman–Crippen LogP) is 8.33. The van der Waals surface area contributed by atoms with Crippen molar-refractivity contribution in [3.8, 4) is 11.8 Å². The summed E-state index contributed by atoms with van der Waals surface area (Å²) in [5, 5.41) is 0.137. The van der Waals surface area contributed by atoms with Gasteiger partial charge in [-0.1, -0.05) is 62.9 Å². The van der Waals surface area contributed by atoms with Gasteiger partial charge in [0.05, 0.1) is 5.41 Å². The van der Waals surface area contributed by atoms with Gasteiger partial charge in [-0.3, -0.25) is 4.98 Å². The van der Waals surface area contributed by atoms with Gasteiger partial charge in [-0.2, -0.15) is 0 Å². The molecule has 1 aromatic heterocycles. The fourth-order valence-electron chi connectivity index (χ4n) is 4.16. The Kier molecular flexibility index (Phi) is 8.08. The summed E-state index contributed by atoms with van der Waals surface area (Å²) in [4.78, 5) is 5.41. The van der Waals surface area contributed by atoms with E-state index in [4.69, 9.17) is 4.43 Å². The van der Waals surface area contributed by atoms with Gasteiger partial charge in [0.1, 0.15) is 11.6 Å². The van der Waals surface area contributed by atoms with Crippen LogP contribution in [-0.4, -0.2) is 25.7 Å². The molecule has 0 saturated carbocycles. The van der Waals surface area contributed by atoms with Crippen molar-refractivity contribution in [1.29, 1.82) is 0 Å². The molecular formula is C31H33F2NOSSi. The fourth-order valence-corrected chi connectivity index (χ4v) is 6.68. The van der Waals surface area contributed by atoms with Crippen LogP contribution in [0.25, 0.3) is 10.5 Å². The summed E-state index contributed by atoms with van der Waals surface area (Å²) in [5.74, 6) is 7.11. The Bertz CT molecular complexity index is 1320. The van der Waals surface area contributed by atoms with Crippen LogP contribution in [-0.2, 0) is 9.84 Å². The number of nitrogens with zero attached hydrogens (tertiary/aromatic N) is 1. The van der Waals surface area contributed by atoms with Crippen molar-refractivity contribution >= 4 is 30.6 Å². The Morgan fingerprint density at radius 1 is 0.973 bits per heavy atom. The number of hydrogen-bond donors (Lipinski definition) is 0. The van der Waals surface area contributed by atoms with E-state index in [1.165, 1.54) is 24.3 Å². The van der Waals surface area contributed by atoms with E-state index >= 15 is 0 Å². The first kappa shape index (κ1) is 27.3. The zero-order chi connectivity index (χ0) is 26.7. The number of halogens is 2. The van der Waals surface area contributed by atoms with Gasteiger partial charge in [-0.15, -0.1) is 11.8 Å². The van der Waals surface area contributed by atoms with Crippen molar-refractivity contribution in [2.24, 2.45) is 0 Å². The van der Waals surface area contributed by atoms with Crippen LogP contribution in [0.5, 0.6) is 0 Å². The molecule has 1 aliphatic rings. The molecule has 37 heavy (non-hydrogen) atoms. The minimum Gasteiger partial charge on any atom is -0.416 e. The van der Waals surface area contributed by atoms with Crippen molar-refractivity contribution < 1.29 is 13.2 Å². The topological polar surface area (TPSA) is 22.1 Å². The number of allylic oxidation sites excluding steroid dienone is 1. The third-order valence-electron chi connectivity index (χ3n) is 7.28. The average Bonchev–Trinajstić information content (AvgIpc) is 3.25. The summed E-state index contributed by atoms with van der Waals surface area (Å²) < 4.78 is 34.0. The van der Waals surface area contributed by atoms with Crippen LogP contribution in [0, 0.1) is 23.5 Å². The van der Waals surface area contributed by atoms with Gasteiger partial charge in [0.15, 0.2) is 8.32 Å². The highest BCUT2D eigenvalue weighted by atomic mass is 32.2. The molecule has 0 fully saturated rings. The maximum atomic E-state index is 13.9. The van der Waals surface area contributed by atoms with Gasteiger partial charge in [-0.25, -0.2) is 8.78 Å². The molecule has 0 amide bonds. The number of benzene rings is 2. The minimum atomic E-state index is -1.86. The highest BCUT2D eigenvalue weighted by Crippen LogP contribution is 2.55. The maximum absolute atomic E-state index is 13.9. The van der Waals surface area contributed by atoms with Gasteiger partial charge in [0.2, 0.25) is 0 Å². The Morgan fingerprint density at radius 3 is 2.22 bits per heavy atom. The molecule has 0 radical (unpaired) electrons. The second-order valence-corrected chi connectivity index (χ2v) is 16.6. The molecule has 0 spiro atoms. The lowest BCUT2D eigenvalue weighted by molar-refractivity contribution is 0.296. The molecule has 4 rings (SSSR count). The molecule has 2 aromatic carbocycles. The van der Waals surface area contributed by atoms with Crippen molar-refractivity contribution in [1.82, 2.24) is 4.98 Å². The third-order valence-corrected chi connectivity index (χ3v) is 13.1. The molecule has 0 N–H and O–H groups in total. The van der Waals surface area contributed by atoms with E-state index in [9.17, 15) is 8.78 Å². The van der Waals surface area contributed by atoms with Crippen LogP contribution >= 0.6 is 11.8 Å². The van der Waals surface area contributed by atoms with Crippen LogP contribution in [0.1, 0.15) is 43.9 Å². The zero-order valence-electron chi connectivity index (χ0n) is 22.1. The molecule has 1 aliphatic heterocycles. The number of aromatic nitrogens is 1. The fraction of sp³-hybridized carbons (Fsp3) is 0.323. The molecule has 2 nitrogen and oxygen atoms in total. The van der Waals surface area contributed by atoms with E-state index in [1.54, 1.807) is 30.1 Å². The zero-order valence-corrected chi connectivity index (χ0v) is 23.9. The van der Waals surface area contributed by atoms with Crippen LogP contribution in [0.3, 0.4) is 0 Å². The average molecular weight is 534 g/mol. The number of hydrogen-bond acceptors (Lipinski definition) is 3. The summed E-state index contributed by atoms with van der Waals surface area (Å²) in [5.41, 5.74) is 3.14. The Hall–Kier alpha value is -2.72. The largest absolute Gasteiger partial charge is 0.416 e. The maximum Gasteiger partial charge on any atom is 0.192 e. The number of pyridine rings is 1. The SMILES string of the molecule is CC(C)(C)[Si](C)(C)OCCC#CC1(c2ccc(F)cc2)CSC(c2ccc(F)cc2)=C1c1cccnc1. The summed E-state index contributed by atoms with van der Waals surface area (Å²) in [6, 6.07) is 17.1. The lowest BCUT2D eigenvalue weighted by Gasteiger charge is -2.36. The molecule has 1 unspecified atom stereocenters. The Balaban J connectivity index is 1.80. The van der Waals surface area contributed by atoms with Gasteiger partial charge in [0.25, 0.3) is 0 Å². The quantitative estimate of drug-likeness (QED) is 0.181. The molecule has 3 aromatic rings. The smallest absolute Gasteiger partial charge is 0.192 e. The summed E-state index contributed by atoms with van der Waals surface area (Å²) in [6.07, 6.45) is 4.19. The third kappa shape index (κ3) is 5.90. The van der Waals surface area contributed by atoms with Gasteiger partial charge in [0, 0.05) is 36.1 Å². The lowest BCUT2D eigenvalue weighted by atomic mass is 9.73. The Labute approximate surface area is 224 Å². The predicted molar refractivity (Wildman–Crippen MR) is 154 cm³/mol. The van der Waals surface area contributed by atoms with E-state index in [2.05, 4.69) is 50.7 Å².